The van der Waals surface area contributed by atoms with E-state index in [1.807, 2.05) is 35.6 Å². The number of hydrogen-bond acceptors (Lipinski definition) is 2. The predicted molar refractivity (Wildman–Crippen MR) is 51.2 cm³/mol. The summed E-state index contributed by atoms with van der Waals surface area (Å²) < 4.78 is 0. The molecule has 0 saturated carbocycles. The van der Waals surface area contributed by atoms with Gasteiger partial charge in [-0.25, -0.2) is 4.79 Å². The molecular weight excluding hydrogens is 182 g/mol. The molecule has 0 saturated heterocycles. The molecule has 0 fully saturated rings. The standard InChI is InChI=1S/C10H11NO3/c12-9(7-11-10(13)14)6-8-4-2-1-3-5-8/h1-5,11H,6-7H2,(H,13,14). The van der Waals surface area contributed by atoms with Crippen LogP contribution in [0.25, 0.3) is 0 Å². The lowest BCUT2D eigenvalue weighted by Crippen LogP contribution is -2.28. The highest BCUT2D eigenvalue weighted by Gasteiger charge is 2.04. The molecule has 1 aromatic carbocycles. The van der Waals surface area contributed by atoms with Crippen LogP contribution in [0.15, 0.2) is 30.3 Å². The van der Waals surface area contributed by atoms with Crippen LogP contribution in [0.1, 0.15) is 5.56 Å². The number of carbonyl (C=O) groups is 2. The van der Waals surface area contributed by atoms with Gasteiger partial charge in [0.15, 0.2) is 5.78 Å². The predicted octanol–water partition coefficient (Wildman–Crippen LogP) is 1.07. The van der Waals surface area contributed by atoms with Gasteiger partial charge in [-0.3, -0.25) is 4.79 Å². The minimum atomic E-state index is -1.17. The van der Waals surface area contributed by atoms with Gasteiger partial charge < -0.3 is 10.4 Å². The average Bonchev–Trinajstić information content (AvgIpc) is 2.16. The van der Waals surface area contributed by atoms with Crippen LogP contribution in [-0.4, -0.2) is 23.5 Å². The molecule has 0 heterocycles. The van der Waals surface area contributed by atoms with E-state index in [1.165, 1.54) is 0 Å². The van der Waals surface area contributed by atoms with Crippen LogP contribution in [-0.2, 0) is 11.2 Å². The molecule has 0 radical (unpaired) electrons. The molecule has 0 aromatic heterocycles. The second-order valence-electron chi connectivity index (χ2n) is 2.86. The van der Waals surface area contributed by atoms with Gasteiger partial charge in [0.2, 0.25) is 0 Å². The van der Waals surface area contributed by atoms with Crippen molar-refractivity contribution in [3.8, 4) is 0 Å². The summed E-state index contributed by atoms with van der Waals surface area (Å²) >= 11 is 0. The molecule has 0 aliphatic heterocycles. The van der Waals surface area contributed by atoms with E-state index in [2.05, 4.69) is 0 Å². The van der Waals surface area contributed by atoms with Crippen LogP contribution in [0.4, 0.5) is 4.79 Å². The maximum Gasteiger partial charge on any atom is 0.405 e. The largest absolute Gasteiger partial charge is 0.465 e. The Morgan fingerprint density at radius 1 is 1.21 bits per heavy atom. The van der Waals surface area contributed by atoms with Gasteiger partial charge in [-0.2, -0.15) is 0 Å². The summed E-state index contributed by atoms with van der Waals surface area (Å²) in [5.74, 6) is -0.140. The van der Waals surface area contributed by atoms with Gasteiger partial charge in [0.25, 0.3) is 0 Å². The van der Waals surface area contributed by atoms with Gasteiger partial charge in [-0.1, -0.05) is 30.3 Å². The van der Waals surface area contributed by atoms with Crippen molar-refractivity contribution < 1.29 is 14.7 Å². The lowest BCUT2D eigenvalue weighted by molar-refractivity contribution is -0.117. The first kappa shape index (κ1) is 10.2. The number of nitrogens with one attached hydrogen (secondary N) is 1. The van der Waals surface area contributed by atoms with Crippen molar-refractivity contribution in [1.82, 2.24) is 5.32 Å². The molecule has 0 aliphatic rings. The van der Waals surface area contributed by atoms with Crippen LogP contribution in [0.5, 0.6) is 0 Å². The molecule has 0 bridgehead atoms. The summed E-state index contributed by atoms with van der Waals surface area (Å²) in [5.41, 5.74) is 0.893. The first-order chi connectivity index (χ1) is 6.68. The zero-order chi connectivity index (χ0) is 10.4. The van der Waals surface area contributed by atoms with E-state index in [9.17, 15) is 9.59 Å². The number of rotatable bonds is 4. The normalized spacial score (nSPS) is 9.43. The number of amides is 1. The minimum Gasteiger partial charge on any atom is -0.465 e. The lowest BCUT2D eigenvalue weighted by atomic mass is 10.1. The number of carboxylic acid groups (broad SMARTS) is 1. The van der Waals surface area contributed by atoms with E-state index in [1.54, 1.807) is 0 Å². The van der Waals surface area contributed by atoms with Gasteiger partial charge in [0, 0.05) is 6.42 Å². The van der Waals surface area contributed by atoms with Gasteiger partial charge in [-0.05, 0) is 5.56 Å². The summed E-state index contributed by atoms with van der Waals surface area (Å²) in [7, 11) is 0. The van der Waals surface area contributed by atoms with Crippen LogP contribution >= 0.6 is 0 Å². The van der Waals surface area contributed by atoms with Crippen LogP contribution in [0.3, 0.4) is 0 Å². The molecule has 4 heteroatoms. The molecule has 2 N–H and O–H groups in total. The fourth-order valence-corrected chi connectivity index (χ4v) is 1.06. The van der Waals surface area contributed by atoms with E-state index >= 15 is 0 Å². The number of carbonyl (C=O) groups excluding carboxylic acids is 1. The molecule has 0 atom stereocenters. The maximum absolute atomic E-state index is 11.2. The summed E-state index contributed by atoms with van der Waals surface area (Å²) in [4.78, 5) is 21.3. The van der Waals surface area contributed by atoms with Gasteiger partial charge in [0.1, 0.15) is 0 Å². The smallest absolute Gasteiger partial charge is 0.405 e. The minimum absolute atomic E-state index is 0.135. The Balaban J connectivity index is 2.38. The molecule has 74 valence electrons. The van der Waals surface area contributed by atoms with Crippen LogP contribution < -0.4 is 5.32 Å². The van der Waals surface area contributed by atoms with Gasteiger partial charge in [0.05, 0.1) is 6.54 Å². The Labute approximate surface area is 81.6 Å². The zero-order valence-electron chi connectivity index (χ0n) is 7.56. The van der Waals surface area contributed by atoms with E-state index in [-0.39, 0.29) is 18.7 Å². The van der Waals surface area contributed by atoms with Crippen molar-refractivity contribution in [2.45, 2.75) is 6.42 Å². The first-order valence-electron chi connectivity index (χ1n) is 4.21. The Morgan fingerprint density at radius 2 is 1.86 bits per heavy atom. The monoisotopic (exact) mass is 193 g/mol. The van der Waals surface area contributed by atoms with E-state index in [0.717, 1.165) is 5.56 Å². The summed E-state index contributed by atoms with van der Waals surface area (Å²) in [6.07, 6.45) is -0.910. The Hall–Kier alpha value is -1.84. The topological polar surface area (TPSA) is 66.4 Å². The van der Waals surface area contributed by atoms with E-state index in [0.29, 0.717) is 0 Å². The fraction of sp³-hybridized carbons (Fsp3) is 0.200. The van der Waals surface area contributed by atoms with E-state index in [4.69, 9.17) is 5.11 Å². The fourth-order valence-electron chi connectivity index (χ4n) is 1.06. The van der Waals surface area contributed by atoms with Gasteiger partial charge in [-0.15, -0.1) is 0 Å². The summed E-state index contributed by atoms with van der Waals surface area (Å²) in [5, 5.41) is 10.3. The summed E-state index contributed by atoms with van der Waals surface area (Å²) in [6.45, 7) is -0.135. The third-order valence-corrected chi connectivity index (χ3v) is 1.68. The third-order valence-electron chi connectivity index (χ3n) is 1.68. The molecule has 0 spiro atoms. The SMILES string of the molecule is O=C(CNC(=O)O)Cc1ccccc1. The number of Topliss-reactive ketones (excluding diaryl/α,β-unsaturated/α-hetero) is 1. The van der Waals surface area contributed by atoms with Gasteiger partial charge >= 0.3 is 6.09 Å². The quantitative estimate of drug-likeness (QED) is 0.751. The van der Waals surface area contributed by atoms with Crippen molar-refractivity contribution in [2.24, 2.45) is 0 Å². The van der Waals surface area contributed by atoms with Crippen LogP contribution in [0, 0.1) is 0 Å². The lowest BCUT2D eigenvalue weighted by Gasteiger charge is -2.00. The molecule has 1 rings (SSSR count). The highest BCUT2D eigenvalue weighted by atomic mass is 16.4. The Morgan fingerprint density at radius 3 is 2.43 bits per heavy atom. The van der Waals surface area contributed by atoms with Crippen molar-refractivity contribution in [1.29, 1.82) is 0 Å². The molecule has 4 nitrogen and oxygen atoms in total. The van der Waals surface area contributed by atoms with Crippen molar-refractivity contribution >= 4 is 11.9 Å². The Bertz CT molecular complexity index is 321. The number of ketones is 1. The molecular formula is C10H11NO3. The number of hydrogen-bond donors (Lipinski definition) is 2. The first-order valence-corrected chi connectivity index (χ1v) is 4.21. The number of benzene rings is 1. The van der Waals surface area contributed by atoms with E-state index < -0.39 is 6.09 Å². The zero-order valence-corrected chi connectivity index (χ0v) is 7.56. The van der Waals surface area contributed by atoms with Crippen molar-refractivity contribution in [2.75, 3.05) is 6.54 Å². The van der Waals surface area contributed by atoms with Crippen LogP contribution in [0.2, 0.25) is 0 Å². The molecule has 0 aliphatic carbocycles. The molecule has 1 aromatic rings. The third kappa shape index (κ3) is 3.71. The van der Waals surface area contributed by atoms with Crippen molar-refractivity contribution in [3.05, 3.63) is 35.9 Å². The average molecular weight is 193 g/mol. The second kappa shape index (κ2) is 5.01. The molecule has 1 amide bonds. The highest BCUT2D eigenvalue weighted by Crippen LogP contribution is 1.99. The van der Waals surface area contributed by atoms with Crippen molar-refractivity contribution in [3.63, 3.8) is 0 Å². The maximum atomic E-state index is 11.2. The second-order valence-corrected chi connectivity index (χ2v) is 2.86. The summed E-state index contributed by atoms with van der Waals surface area (Å²) in [6, 6.07) is 9.21. The molecule has 0 unspecified atom stereocenters. The molecule has 14 heavy (non-hydrogen) atoms. The Kier molecular flexibility index (Phi) is 3.67. The highest BCUT2D eigenvalue weighted by molar-refractivity contribution is 5.85.